The van der Waals surface area contributed by atoms with Gasteiger partial charge in [-0.15, -0.1) is 5.10 Å². The molecule has 136 valence electrons. The average molecular weight is 361 g/mol. The Labute approximate surface area is 155 Å². The minimum atomic E-state index is -0.610. The van der Waals surface area contributed by atoms with Crippen LogP contribution in [0.5, 0.6) is 0 Å². The zero-order valence-corrected chi connectivity index (χ0v) is 14.9. The van der Waals surface area contributed by atoms with E-state index in [2.05, 4.69) is 30.4 Å². The van der Waals surface area contributed by atoms with Crippen molar-refractivity contribution < 1.29 is 4.79 Å². The van der Waals surface area contributed by atoms with Gasteiger partial charge in [-0.25, -0.2) is 9.67 Å². The van der Waals surface area contributed by atoms with Crippen LogP contribution >= 0.6 is 0 Å². The highest BCUT2D eigenvalue weighted by Gasteiger charge is 2.23. The second-order valence-electron chi connectivity index (χ2n) is 6.22. The topological polar surface area (TPSA) is 90.5 Å². The Bertz CT molecular complexity index is 1040. The molecular weight excluding hydrogens is 342 g/mol. The van der Waals surface area contributed by atoms with E-state index in [0.717, 1.165) is 22.4 Å². The van der Waals surface area contributed by atoms with Crippen LogP contribution < -0.4 is 5.32 Å². The zero-order chi connectivity index (χ0) is 18.6. The molecule has 4 rings (SSSR count). The van der Waals surface area contributed by atoms with Crippen LogP contribution in [0, 0.1) is 0 Å². The zero-order valence-electron chi connectivity index (χ0n) is 14.9. The van der Waals surface area contributed by atoms with Crippen molar-refractivity contribution >= 4 is 16.9 Å². The molecule has 0 saturated heterocycles. The van der Waals surface area contributed by atoms with Crippen LogP contribution in [0.1, 0.15) is 17.4 Å². The number of aryl methyl sites for hydroxylation is 1. The third-order valence-electron chi connectivity index (χ3n) is 4.52. The highest BCUT2D eigenvalue weighted by atomic mass is 16.2. The van der Waals surface area contributed by atoms with Crippen molar-refractivity contribution in [1.29, 1.82) is 0 Å². The van der Waals surface area contributed by atoms with Crippen molar-refractivity contribution in [3.05, 3.63) is 72.3 Å². The summed E-state index contributed by atoms with van der Waals surface area (Å²) in [6.07, 6.45) is 2.08. The van der Waals surface area contributed by atoms with Crippen LogP contribution in [0.3, 0.4) is 0 Å². The summed E-state index contributed by atoms with van der Waals surface area (Å²) < 4.78 is 3.51. The largest absolute Gasteiger partial charge is 0.353 e. The number of carbonyl (C=O) groups excluding carboxylic acids is 1. The number of hydrogen-bond acceptors (Lipinski definition) is 5. The van der Waals surface area contributed by atoms with E-state index in [0.29, 0.717) is 13.0 Å². The Morgan fingerprint density at radius 2 is 1.89 bits per heavy atom. The van der Waals surface area contributed by atoms with Gasteiger partial charge in [0.2, 0.25) is 5.91 Å². The highest BCUT2D eigenvalue weighted by molar-refractivity contribution is 5.83. The first-order chi connectivity index (χ1) is 13.2. The van der Waals surface area contributed by atoms with Crippen LogP contribution in [0.25, 0.3) is 11.0 Å². The summed E-state index contributed by atoms with van der Waals surface area (Å²) in [4.78, 5) is 17.5. The maximum absolute atomic E-state index is 12.8. The summed E-state index contributed by atoms with van der Waals surface area (Å²) in [6.45, 7) is 0.474. The summed E-state index contributed by atoms with van der Waals surface area (Å²) >= 11 is 0. The van der Waals surface area contributed by atoms with Crippen molar-refractivity contribution in [1.82, 2.24) is 35.1 Å². The van der Waals surface area contributed by atoms with Crippen LogP contribution in [0.4, 0.5) is 0 Å². The fraction of sp³-hybridized carbons (Fsp3) is 0.211. The van der Waals surface area contributed by atoms with E-state index in [4.69, 9.17) is 0 Å². The second kappa shape index (κ2) is 7.36. The van der Waals surface area contributed by atoms with Gasteiger partial charge in [-0.2, -0.15) is 0 Å². The number of tetrazole rings is 1. The normalized spacial score (nSPS) is 12.2. The molecule has 0 unspecified atom stereocenters. The van der Waals surface area contributed by atoms with Crippen LogP contribution in [-0.2, 0) is 18.3 Å². The number of fused-ring (bicyclic) bond motifs is 1. The lowest BCUT2D eigenvalue weighted by Gasteiger charge is -2.16. The number of benzene rings is 2. The van der Waals surface area contributed by atoms with E-state index >= 15 is 0 Å². The molecule has 27 heavy (non-hydrogen) atoms. The Balaban J connectivity index is 1.48. The highest BCUT2D eigenvalue weighted by Crippen LogP contribution is 2.17. The molecule has 2 aromatic heterocycles. The van der Waals surface area contributed by atoms with E-state index in [-0.39, 0.29) is 5.91 Å². The Morgan fingerprint density at radius 3 is 2.63 bits per heavy atom. The first-order valence-corrected chi connectivity index (χ1v) is 8.69. The lowest BCUT2D eigenvalue weighted by atomic mass is 10.1. The quantitative estimate of drug-likeness (QED) is 0.562. The van der Waals surface area contributed by atoms with Crippen molar-refractivity contribution in [3.63, 3.8) is 0 Å². The maximum atomic E-state index is 12.8. The maximum Gasteiger partial charge on any atom is 0.249 e. The number of hydrogen-bond donors (Lipinski definition) is 1. The predicted molar refractivity (Wildman–Crippen MR) is 99.8 cm³/mol. The summed E-state index contributed by atoms with van der Waals surface area (Å²) in [5.74, 6) is 0.766. The number of carbonyl (C=O) groups is 1. The van der Waals surface area contributed by atoms with Gasteiger partial charge in [-0.1, -0.05) is 42.5 Å². The van der Waals surface area contributed by atoms with Gasteiger partial charge in [-0.3, -0.25) is 4.79 Å². The molecule has 1 N–H and O–H groups in total. The fourth-order valence-electron chi connectivity index (χ4n) is 3.16. The third kappa shape index (κ3) is 3.41. The number of rotatable bonds is 6. The third-order valence-corrected chi connectivity index (χ3v) is 4.52. The lowest BCUT2D eigenvalue weighted by Crippen LogP contribution is -2.35. The smallest absolute Gasteiger partial charge is 0.249 e. The number of amides is 1. The van der Waals surface area contributed by atoms with E-state index < -0.39 is 6.04 Å². The molecular formula is C19H19N7O. The molecule has 0 spiro atoms. The van der Waals surface area contributed by atoms with E-state index in [1.54, 1.807) is 0 Å². The van der Waals surface area contributed by atoms with E-state index in [9.17, 15) is 4.79 Å². The SMILES string of the molecule is Cn1c(CCNC(=O)[C@@H](c2ccccc2)n2cnnn2)nc2ccccc21. The minimum Gasteiger partial charge on any atom is -0.353 e. The van der Waals surface area contributed by atoms with E-state index in [1.807, 2.05) is 61.6 Å². The molecule has 0 fully saturated rings. The Kier molecular flexibility index (Phi) is 4.61. The standard InChI is InChI=1S/C19H19N7O/c1-25-16-10-6-5-9-15(16)22-17(25)11-12-20-19(27)18(26-13-21-23-24-26)14-7-3-2-4-8-14/h2-10,13,18H,11-12H2,1H3,(H,20,27)/t18-/m1/s1. The molecule has 1 amide bonds. The monoisotopic (exact) mass is 361 g/mol. The molecule has 0 saturated carbocycles. The second-order valence-corrected chi connectivity index (χ2v) is 6.22. The molecule has 0 bridgehead atoms. The fourth-order valence-corrected chi connectivity index (χ4v) is 3.16. The first-order valence-electron chi connectivity index (χ1n) is 8.69. The summed E-state index contributed by atoms with van der Waals surface area (Å²) in [6, 6.07) is 16.8. The number of nitrogens with one attached hydrogen (secondary N) is 1. The van der Waals surface area contributed by atoms with Gasteiger partial charge in [0.05, 0.1) is 11.0 Å². The summed E-state index contributed by atoms with van der Waals surface area (Å²) in [5, 5.41) is 14.2. The van der Waals surface area contributed by atoms with Crippen molar-refractivity contribution in [3.8, 4) is 0 Å². The van der Waals surface area contributed by atoms with Crippen molar-refractivity contribution in [2.45, 2.75) is 12.5 Å². The predicted octanol–water partition coefficient (Wildman–Crippen LogP) is 1.51. The van der Waals surface area contributed by atoms with Crippen LogP contribution in [0.15, 0.2) is 60.9 Å². The van der Waals surface area contributed by atoms with Crippen molar-refractivity contribution in [2.75, 3.05) is 6.54 Å². The Hall–Kier alpha value is -3.55. The molecule has 0 aliphatic heterocycles. The Morgan fingerprint density at radius 1 is 1.11 bits per heavy atom. The molecule has 4 aromatic rings. The molecule has 8 nitrogen and oxygen atoms in total. The van der Waals surface area contributed by atoms with Crippen LogP contribution in [0.2, 0.25) is 0 Å². The molecule has 0 aliphatic carbocycles. The number of nitrogens with zero attached hydrogens (tertiary/aromatic N) is 6. The number of aromatic nitrogens is 6. The van der Waals surface area contributed by atoms with E-state index in [1.165, 1.54) is 11.0 Å². The molecule has 2 heterocycles. The van der Waals surface area contributed by atoms with Crippen LogP contribution in [-0.4, -0.2) is 42.2 Å². The minimum absolute atomic E-state index is 0.160. The molecule has 2 aromatic carbocycles. The van der Waals surface area contributed by atoms with Gasteiger partial charge in [0.15, 0.2) is 6.04 Å². The number of para-hydroxylation sites is 2. The molecule has 1 atom stereocenters. The van der Waals surface area contributed by atoms with Gasteiger partial charge in [0, 0.05) is 20.0 Å². The molecule has 8 heteroatoms. The van der Waals surface area contributed by atoms with Gasteiger partial charge in [-0.05, 0) is 28.1 Å². The average Bonchev–Trinajstić information content (AvgIpc) is 3.32. The van der Waals surface area contributed by atoms with Gasteiger partial charge >= 0.3 is 0 Å². The van der Waals surface area contributed by atoms with Gasteiger partial charge in [0.1, 0.15) is 12.2 Å². The summed E-state index contributed by atoms with van der Waals surface area (Å²) in [7, 11) is 1.99. The molecule has 0 radical (unpaired) electrons. The lowest BCUT2D eigenvalue weighted by molar-refractivity contribution is -0.123. The first kappa shape index (κ1) is 16.9. The summed E-state index contributed by atoms with van der Waals surface area (Å²) in [5.41, 5.74) is 2.86. The van der Waals surface area contributed by atoms with Gasteiger partial charge < -0.3 is 9.88 Å². The molecule has 0 aliphatic rings. The van der Waals surface area contributed by atoms with Gasteiger partial charge in [0.25, 0.3) is 0 Å². The van der Waals surface area contributed by atoms with Crippen molar-refractivity contribution in [2.24, 2.45) is 7.05 Å². The number of imidazole rings is 1.